The third-order valence-corrected chi connectivity index (χ3v) is 8.31. The van der Waals surface area contributed by atoms with Crippen LogP contribution in [0.1, 0.15) is 12.0 Å². The van der Waals surface area contributed by atoms with E-state index in [1.807, 2.05) is 29.0 Å². The minimum Gasteiger partial charge on any atom is -0.433 e. The van der Waals surface area contributed by atoms with E-state index in [0.717, 1.165) is 21.7 Å². The number of nitrogens with two attached hydrogens (primary N) is 2. The maximum absolute atomic E-state index is 13.0. The van der Waals surface area contributed by atoms with E-state index in [4.69, 9.17) is 11.5 Å². The topological polar surface area (TPSA) is 123 Å². The third-order valence-electron chi connectivity index (χ3n) is 6.17. The Morgan fingerprint density at radius 2 is 1.97 bits per heavy atom. The van der Waals surface area contributed by atoms with Crippen molar-refractivity contribution in [2.24, 2.45) is 5.73 Å². The standard InChI is InChI=1S/C25H23F2N5O3S2/c26-23(27)35-20-4-2-1-3-18(20)30-24(34)32-9-7-19-21(12-32)37-25(31-19,22(29)33)16-11-14(5-6-17(16)28)15-8-10-36-13-15/h1-6,8,10-11,13,23,31H,7,9,12,28H2,(H2,29,33)(H,30,34). The normalized spacial score (nSPS) is 18.9. The number of nitrogen functional groups attached to an aromatic ring is 1. The van der Waals surface area contributed by atoms with Gasteiger partial charge in [0.15, 0.2) is 4.87 Å². The van der Waals surface area contributed by atoms with E-state index in [-0.39, 0.29) is 18.0 Å². The summed E-state index contributed by atoms with van der Waals surface area (Å²) in [5.74, 6) is -0.733. The summed E-state index contributed by atoms with van der Waals surface area (Å²) in [6, 6.07) is 13.0. The molecule has 8 nitrogen and oxygen atoms in total. The van der Waals surface area contributed by atoms with Crippen molar-refractivity contribution >= 4 is 46.4 Å². The van der Waals surface area contributed by atoms with E-state index in [0.29, 0.717) is 24.2 Å². The van der Waals surface area contributed by atoms with E-state index in [2.05, 4.69) is 15.4 Å². The number of rotatable bonds is 6. The van der Waals surface area contributed by atoms with Crippen LogP contribution in [0.15, 0.2) is 69.9 Å². The number of primary amides is 1. The SMILES string of the molecule is NC(=O)C1(c2cc(-c3ccsc3)ccc2N)NC2=C(CN(C(=O)Nc3ccccc3OC(F)F)CC2)S1. The smallest absolute Gasteiger partial charge is 0.387 e. The molecule has 1 unspecified atom stereocenters. The van der Waals surface area contributed by atoms with E-state index in [1.165, 1.54) is 34.9 Å². The van der Waals surface area contributed by atoms with Crippen molar-refractivity contribution in [3.8, 4) is 16.9 Å². The van der Waals surface area contributed by atoms with Gasteiger partial charge in [-0.2, -0.15) is 20.1 Å². The lowest BCUT2D eigenvalue weighted by atomic mass is 9.97. The first-order valence-electron chi connectivity index (χ1n) is 11.3. The van der Waals surface area contributed by atoms with Crippen molar-refractivity contribution in [3.05, 3.63) is 75.5 Å². The second-order valence-corrected chi connectivity index (χ2v) is 10.6. The zero-order valence-electron chi connectivity index (χ0n) is 19.4. The number of thiophene rings is 1. The molecule has 6 N–H and O–H groups in total. The van der Waals surface area contributed by atoms with Crippen LogP contribution in [0.2, 0.25) is 0 Å². The van der Waals surface area contributed by atoms with Crippen LogP contribution in [0, 0.1) is 0 Å². The lowest BCUT2D eigenvalue weighted by Gasteiger charge is -2.29. The molecule has 2 aromatic carbocycles. The van der Waals surface area contributed by atoms with Gasteiger partial charge in [-0.05, 0) is 52.2 Å². The molecule has 2 aliphatic rings. The number of para-hydroxylation sites is 2. The van der Waals surface area contributed by atoms with E-state index >= 15 is 0 Å². The predicted octanol–water partition coefficient (Wildman–Crippen LogP) is 4.72. The zero-order valence-corrected chi connectivity index (χ0v) is 21.0. The second-order valence-electron chi connectivity index (χ2n) is 8.46. The van der Waals surface area contributed by atoms with Gasteiger partial charge < -0.3 is 31.7 Å². The van der Waals surface area contributed by atoms with Crippen molar-refractivity contribution in [1.29, 1.82) is 0 Å². The highest BCUT2D eigenvalue weighted by atomic mass is 32.2. The zero-order chi connectivity index (χ0) is 26.2. The first kappa shape index (κ1) is 24.9. The summed E-state index contributed by atoms with van der Waals surface area (Å²) in [6.45, 7) is -2.47. The summed E-state index contributed by atoms with van der Waals surface area (Å²) >= 11 is 2.80. The maximum atomic E-state index is 13.0. The van der Waals surface area contributed by atoms with Gasteiger partial charge in [-0.15, -0.1) is 0 Å². The molecule has 0 saturated carbocycles. The average Bonchev–Trinajstić information content (AvgIpc) is 3.53. The predicted molar refractivity (Wildman–Crippen MR) is 141 cm³/mol. The Bertz CT molecular complexity index is 1380. The largest absolute Gasteiger partial charge is 0.433 e. The van der Waals surface area contributed by atoms with Gasteiger partial charge in [-0.1, -0.05) is 30.0 Å². The van der Waals surface area contributed by atoms with Crippen LogP contribution in [-0.2, 0) is 9.67 Å². The molecule has 2 aliphatic heterocycles. The molecule has 0 spiro atoms. The van der Waals surface area contributed by atoms with E-state index in [1.54, 1.807) is 23.5 Å². The van der Waals surface area contributed by atoms with Crippen LogP contribution < -0.4 is 26.8 Å². The maximum Gasteiger partial charge on any atom is 0.387 e. The van der Waals surface area contributed by atoms with Crippen LogP contribution >= 0.6 is 23.1 Å². The molecule has 0 radical (unpaired) electrons. The molecule has 3 aromatic rings. The number of carbonyl (C=O) groups excluding carboxylic acids is 2. The lowest BCUT2D eigenvalue weighted by molar-refractivity contribution is -0.121. The fourth-order valence-corrected chi connectivity index (χ4v) is 6.45. The van der Waals surface area contributed by atoms with Crippen LogP contribution in [0.3, 0.4) is 0 Å². The molecule has 192 valence electrons. The highest BCUT2D eigenvalue weighted by Crippen LogP contribution is 2.50. The Kier molecular flexibility index (Phi) is 6.69. The number of nitrogens with one attached hydrogen (secondary N) is 2. The quantitative estimate of drug-likeness (QED) is 0.334. The third kappa shape index (κ3) is 4.81. The number of hydrogen-bond donors (Lipinski definition) is 4. The second kappa shape index (κ2) is 9.94. The summed E-state index contributed by atoms with van der Waals surface area (Å²) < 4.78 is 30.0. The fraction of sp³-hybridized carbons (Fsp3) is 0.200. The first-order chi connectivity index (χ1) is 17.8. The first-order valence-corrected chi connectivity index (χ1v) is 13.0. The number of urea groups is 1. The number of ether oxygens (including phenoxy) is 1. The molecular formula is C25H23F2N5O3S2. The van der Waals surface area contributed by atoms with Crippen LogP contribution in [0.5, 0.6) is 5.75 Å². The Morgan fingerprint density at radius 3 is 2.70 bits per heavy atom. The minimum absolute atomic E-state index is 0.131. The van der Waals surface area contributed by atoms with Crippen LogP contribution in [0.25, 0.3) is 11.1 Å². The van der Waals surface area contributed by atoms with Crippen molar-refractivity contribution in [1.82, 2.24) is 10.2 Å². The molecule has 0 saturated heterocycles. The van der Waals surface area contributed by atoms with Gasteiger partial charge in [0.1, 0.15) is 5.75 Å². The van der Waals surface area contributed by atoms with Crippen LogP contribution in [0.4, 0.5) is 25.0 Å². The van der Waals surface area contributed by atoms with Crippen molar-refractivity contribution in [2.75, 3.05) is 24.1 Å². The number of benzene rings is 2. The summed E-state index contributed by atoms with van der Waals surface area (Å²) in [6.07, 6.45) is 0.449. The molecule has 3 amide bonds. The van der Waals surface area contributed by atoms with Gasteiger partial charge in [0, 0.05) is 34.8 Å². The molecule has 12 heteroatoms. The number of alkyl halides is 2. The Labute approximate surface area is 219 Å². The summed E-state index contributed by atoms with van der Waals surface area (Å²) in [7, 11) is 0. The van der Waals surface area contributed by atoms with E-state index in [9.17, 15) is 18.4 Å². The van der Waals surface area contributed by atoms with Crippen molar-refractivity contribution in [2.45, 2.75) is 17.9 Å². The number of hydrogen-bond acceptors (Lipinski definition) is 7. The van der Waals surface area contributed by atoms with Gasteiger partial charge in [0.2, 0.25) is 0 Å². The molecule has 3 heterocycles. The van der Waals surface area contributed by atoms with Gasteiger partial charge in [0.25, 0.3) is 5.91 Å². The van der Waals surface area contributed by atoms with Gasteiger partial charge in [0.05, 0.1) is 12.2 Å². The van der Waals surface area contributed by atoms with Gasteiger partial charge in [-0.25, -0.2) is 4.79 Å². The summed E-state index contributed by atoms with van der Waals surface area (Å²) in [4.78, 5) is 26.9. The molecular weight excluding hydrogens is 520 g/mol. The molecule has 1 aromatic heterocycles. The number of halogens is 2. The van der Waals surface area contributed by atoms with Gasteiger partial charge >= 0.3 is 12.6 Å². The minimum atomic E-state index is -3.02. The number of amides is 3. The fourth-order valence-electron chi connectivity index (χ4n) is 4.36. The number of carbonyl (C=O) groups is 2. The van der Waals surface area contributed by atoms with Gasteiger partial charge in [-0.3, -0.25) is 4.79 Å². The summed E-state index contributed by atoms with van der Waals surface area (Å²) in [5.41, 5.74) is 16.1. The highest BCUT2D eigenvalue weighted by Gasteiger charge is 2.48. The molecule has 1 atom stereocenters. The Morgan fingerprint density at radius 1 is 1.16 bits per heavy atom. The monoisotopic (exact) mass is 543 g/mol. The molecule has 37 heavy (non-hydrogen) atoms. The number of thioether (sulfide) groups is 1. The average molecular weight is 544 g/mol. The summed E-state index contributed by atoms with van der Waals surface area (Å²) in [5, 5.41) is 9.92. The lowest BCUT2D eigenvalue weighted by Crippen LogP contribution is -2.47. The molecule has 5 rings (SSSR count). The van der Waals surface area contributed by atoms with Crippen molar-refractivity contribution in [3.63, 3.8) is 0 Å². The molecule has 0 fully saturated rings. The Hall–Kier alpha value is -3.77. The molecule has 0 aliphatic carbocycles. The Balaban J connectivity index is 1.36. The van der Waals surface area contributed by atoms with Crippen molar-refractivity contribution < 1.29 is 23.1 Å². The number of nitrogens with zero attached hydrogens (tertiary/aromatic N) is 1. The molecule has 0 bridgehead atoms. The highest BCUT2D eigenvalue weighted by molar-refractivity contribution is 8.05. The van der Waals surface area contributed by atoms with Crippen LogP contribution in [-0.4, -0.2) is 36.5 Å². The van der Waals surface area contributed by atoms with E-state index < -0.39 is 23.4 Å². The number of anilines is 2.